The summed E-state index contributed by atoms with van der Waals surface area (Å²) in [5, 5.41) is 2.74. The zero-order valence-corrected chi connectivity index (χ0v) is 16.4. The third kappa shape index (κ3) is 4.86. The van der Waals surface area contributed by atoms with Crippen molar-refractivity contribution < 1.29 is 14.0 Å². The highest BCUT2D eigenvalue weighted by atomic mass is 79.9. The largest absolute Gasteiger partial charge is 0.341 e. The van der Waals surface area contributed by atoms with Crippen LogP contribution in [0.4, 0.5) is 10.1 Å². The van der Waals surface area contributed by atoms with E-state index in [1.165, 1.54) is 18.2 Å². The quantitative estimate of drug-likeness (QED) is 0.788. The second kappa shape index (κ2) is 8.68. The molecule has 2 aromatic rings. The molecule has 1 N–H and O–H groups in total. The molecule has 2 aromatic carbocycles. The van der Waals surface area contributed by atoms with E-state index in [1.807, 2.05) is 28.8 Å². The van der Waals surface area contributed by atoms with E-state index in [1.54, 1.807) is 12.1 Å². The number of thioether (sulfide) groups is 1. The Bertz CT molecular complexity index is 808. The van der Waals surface area contributed by atoms with E-state index in [-0.39, 0.29) is 11.5 Å². The van der Waals surface area contributed by atoms with Gasteiger partial charge in [0.2, 0.25) is 5.91 Å². The van der Waals surface area contributed by atoms with Crippen molar-refractivity contribution in [1.29, 1.82) is 0 Å². The number of carbonyl (C=O) groups excluding carboxylic acids is 2. The first-order valence-corrected chi connectivity index (χ1v) is 10.2. The number of hydrogen-bond donors (Lipinski definition) is 1. The van der Waals surface area contributed by atoms with Crippen molar-refractivity contribution in [2.45, 2.75) is 6.42 Å². The van der Waals surface area contributed by atoms with Crippen molar-refractivity contribution in [3.63, 3.8) is 0 Å². The Kier molecular flexibility index (Phi) is 6.32. The molecule has 0 aromatic heterocycles. The molecule has 0 radical (unpaired) electrons. The third-order valence-corrected chi connectivity index (χ3v) is 5.74. The van der Waals surface area contributed by atoms with Crippen molar-refractivity contribution in [2.24, 2.45) is 0 Å². The van der Waals surface area contributed by atoms with Crippen molar-refractivity contribution in [3.05, 3.63) is 63.9 Å². The number of rotatable bonds is 4. The molecular formula is C19H18BrFN2O2S. The molecule has 0 saturated carbocycles. The van der Waals surface area contributed by atoms with Gasteiger partial charge < -0.3 is 10.2 Å². The summed E-state index contributed by atoms with van der Waals surface area (Å²) in [5.74, 6) is 1.25. The molecule has 26 heavy (non-hydrogen) atoms. The number of benzene rings is 2. The number of amides is 2. The van der Waals surface area contributed by atoms with Gasteiger partial charge in [0.25, 0.3) is 5.91 Å². The van der Waals surface area contributed by atoms with Crippen LogP contribution in [0, 0.1) is 5.82 Å². The molecular weight excluding hydrogens is 419 g/mol. The molecule has 0 bridgehead atoms. The predicted octanol–water partition coefficient (Wildman–Crippen LogP) is 3.96. The van der Waals surface area contributed by atoms with Crippen molar-refractivity contribution in [2.75, 3.05) is 29.9 Å². The number of halogens is 2. The Labute approximate surface area is 164 Å². The Morgan fingerprint density at radius 3 is 2.50 bits per heavy atom. The van der Waals surface area contributed by atoms with E-state index in [9.17, 15) is 14.0 Å². The van der Waals surface area contributed by atoms with E-state index in [0.717, 1.165) is 30.2 Å². The second-order valence-electron chi connectivity index (χ2n) is 5.95. The Balaban J connectivity index is 1.61. The summed E-state index contributed by atoms with van der Waals surface area (Å²) in [7, 11) is 0. The van der Waals surface area contributed by atoms with Crippen LogP contribution in [0.1, 0.15) is 15.9 Å². The van der Waals surface area contributed by atoms with Gasteiger partial charge in [-0.05, 0) is 51.8 Å². The molecule has 4 nitrogen and oxygen atoms in total. The van der Waals surface area contributed by atoms with Crippen LogP contribution in [0.3, 0.4) is 0 Å². The molecule has 136 valence electrons. The average Bonchev–Trinajstić information content (AvgIpc) is 2.66. The lowest BCUT2D eigenvalue weighted by molar-refractivity contribution is -0.130. The Morgan fingerprint density at radius 1 is 1.12 bits per heavy atom. The van der Waals surface area contributed by atoms with Gasteiger partial charge in [0, 0.05) is 34.8 Å². The van der Waals surface area contributed by atoms with Gasteiger partial charge >= 0.3 is 0 Å². The molecule has 0 spiro atoms. The molecule has 1 aliphatic heterocycles. The first-order valence-electron chi connectivity index (χ1n) is 8.24. The number of carbonyl (C=O) groups is 2. The van der Waals surface area contributed by atoms with Crippen LogP contribution in [0.15, 0.2) is 46.9 Å². The van der Waals surface area contributed by atoms with Gasteiger partial charge in [-0.3, -0.25) is 9.59 Å². The summed E-state index contributed by atoms with van der Waals surface area (Å²) in [6.07, 6.45) is 0.355. The summed E-state index contributed by atoms with van der Waals surface area (Å²) >= 11 is 5.12. The maximum absolute atomic E-state index is 13.3. The minimum Gasteiger partial charge on any atom is -0.341 e. The van der Waals surface area contributed by atoms with Crippen molar-refractivity contribution >= 4 is 45.2 Å². The molecule has 0 unspecified atom stereocenters. The number of hydrogen-bond acceptors (Lipinski definition) is 3. The van der Waals surface area contributed by atoms with Gasteiger partial charge in [0.05, 0.1) is 12.0 Å². The summed E-state index contributed by atoms with van der Waals surface area (Å²) in [6, 6.07) is 11.1. The molecule has 3 rings (SSSR count). The summed E-state index contributed by atoms with van der Waals surface area (Å²) in [5.41, 5.74) is 1.72. The zero-order chi connectivity index (χ0) is 18.5. The highest BCUT2D eigenvalue weighted by Gasteiger charge is 2.17. The second-order valence-corrected chi connectivity index (χ2v) is 8.02. The van der Waals surface area contributed by atoms with Gasteiger partial charge in [-0.2, -0.15) is 11.8 Å². The van der Waals surface area contributed by atoms with Crippen LogP contribution in [-0.2, 0) is 11.2 Å². The van der Waals surface area contributed by atoms with E-state index in [0.29, 0.717) is 16.6 Å². The first-order chi connectivity index (χ1) is 12.5. The minimum absolute atomic E-state index is 0.130. The van der Waals surface area contributed by atoms with Crippen LogP contribution in [0.5, 0.6) is 0 Å². The topological polar surface area (TPSA) is 49.4 Å². The van der Waals surface area contributed by atoms with E-state index >= 15 is 0 Å². The lowest BCUT2D eigenvalue weighted by Crippen LogP contribution is -2.38. The van der Waals surface area contributed by atoms with Gasteiger partial charge in [0.1, 0.15) is 5.82 Å². The lowest BCUT2D eigenvalue weighted by Gasteiger charge is -2.26. The van der Waals surface area contributed by atoms with Crippen molar-refractivity contribution in [3.8, 4) is 0 Å². The summed E-state index contributed by atoms with van der Waals surface area (Å²) in [4.78, 5) is 26.5. The molecule has 0 atom stereocenters. The molecule has 1 heterocycles. The van der Waals surface area contributed by atoms with Crippen LogP contribution < -0.4 is 5.32 Å². The van der Waals surface area contributed by atoms with E-state index < -0.39 is 11.7 Å². The maximum atomic E-state index is 13.3. The zero-order valence-electron chi connectivity index (χ0n) is 14.0. The number of anilines is 1. The van der Waals surface area contributed by atoms with E-state index in [4.69, 9.17) is 0 Å². The normalized spacial score (nSPS) is 14.2. The fourth-order valence-corrected chi connectivity index (χ4v) is 4.00. The molecule has 7 heteroatoms. The molecule has 0 aliphatic carbocycles. The monoisotopic (exact) mass is 436 g/mol. The fraction of sp³-hybridized carbons (Fsp3) is 0.263. The van der Waals surface area contributed by atoms with Gasteiger partial charge in [-0.1, -0.05) is 12.1 Å². The first kappa shape index (κ1) is 18.9. The van der Waals surface area contributed by atoms with Crippen LogP contribution >= 0.6 is 27.7 Å². The number of nitrogens with one attached hydrogen (secondary N) is 1. The maximum Gasteiger partial charge on any atom is 0.256 e. The lowest BCUT2D eigenvalue weighted by atomic mass is 10.1. The molecule has 2 amide bonds. The SMILES string of the molecule is O=C(Nc1ccc(CC(=O)N2CCSCC2)cc1)c1cc(F)ccc1Br. The third-order valence-electron chi connectivity index (χ3n) is 4.10. The van der Waals surface area contributed by atoms with Gasteiger partial charge in [0.15, 0.2) is 0 Å². The fourth-order valence-electron chi connectivity index (χ4n) is 2.68. The smallest absolute Gasteiger partial charge is 0.256 e. The van der Waals surface area contributed by atoms with Crippen LogP contribution in [-0.4, -0.2) is 41.3 Å². The Hall–Kier alpha value is -1.86. The average molecular weight is 437 g/mol. The molecule has 1 fully saturated rings. The van der Waals surface area contributed by atoms with E-state index in [2.05, 4.69) is 21.2 Å². The summed E-state index contributed by atoms with van der Waals surface area (Å²) in [6.45, 7) is 1.61. The molecule has 1 aliphatic rings. The minimum atomic E-state index is -0.469. The molecule has 1 saturated heterocycles. The Morgan fingerprint density at radius 2 is 1.81 bits per heavy atom. The van der Waals surface area contributed by atoms with Gasteiger partial charge in [-0.25, -0.2) is 4.39 Å². The highest BCUT2D eigenvalue weighted by Crippen LogP contribution is 2.20. The summed E-state index contributed by atoms with van der Waals surface area (Å²) < 4.78 is 13.9. The van der Waals surface area contributed by atoms with Crippen molar-refractivity contribution in [1.82, 2.24) is 4.90 Å². The number of nitrogens with zero attached hydrogens (tertiary/aromatic N) is 1. The van der Waals surface area contributed by atoms with Crippen LogP contribution in [0.2, 0.25) is 0 Å². The van der Waals surface area contributed by atoms with Gasteiger partial charge in [-0.15, -0.1) is 0 Å². The predicted molar refractivity (Wildman–Crippen MR) is 106 cm³/mol. The standard InChI is InChI=1S/C19H18BrFN2O2S/c20-17-6-3-14(21)12-16(17)19(25)22-15-4-1-13(2-5-15)11-18(24)23-7-9-26-10-8-23/h1-6,12H,7-11H2,(H,22,25). The highest BCUT2D eigenvalue weighted by molar-refractivity contribution is 9.10. The van der Waals surface area contributed by atoms with Crippen LogP contribution in [0.25, 0.3) is 0 Å².